The van der Waals surface area contributed by atoms with Crippen molar-refractivity contribution < 1.29 is 14.3 Å². The molecule has 1 aromatic carbocycles. The number of aromatic nitrogens is 1. The van der Waals surface area contributed by atoms with Crippen molar-refractivity contribution >= 4 is 29.2 Å². The first kappa shape index (κ1) is 13.8. The highest BCUT2D eigenvalue weighted by Crippen LogP contribution is 2.15. The maximum atomic E-state index is 12.1. The summed E-state index contributed by atoms with van der Waals surface area (Å²) in [6.07, 6.45) is 1.33. The second-order valence-electron chi connectivity index (χ2n) is 4.32. The summed E-state index contributed by atoms with van der Waals surface area (Å²) < 4.78 is 5.28. The molecule has 3 N–H and O–H groups in total. The Bertz CT molecular complexity index is 632. The molecule has 2 rings (SSSR count). The molecule has 0 saturated carbocycles. The van der Waals surface area contributed by atoms with Crippen molar-refractivity contribution in [2.75, 3.05) is 6.61 Å². The second kappa shape index (κ2) is 5.99. The first-order valence-corrected chi connectivity index (χ1v) is 6.59. The third-order valence-corrected chi connectivity index (χ3v) is 3.17. The number of carbonyl (C=O) groups is 1. The van der Waals surface area contributed by atoms with Gasteiger partial charge in [-0.2, -0.15) is 0 Å². The molecular weight excluding hydrogens is 264 g/mol. The van der Waals surface area contributed by atoms with Gasteiger partial charge in [0.15, 0.2) is 5.58 Å². The summed E-state index contributed by atoms with van der Waals surface area (Å²) >= 11 is 4.89. The van der Waals surface area contributed by atoms with Crippen LogP contribution in [-0.4, -0.2) is 28.6 Å². The van der Waals surface area contributed by atoms with Crippen molar-refractivity contribution in [2.24, 2.45) is 0 Å². The van der Waals surface area contributed by atoms with E-state index < -0.39 is 0 Å². The quantitative estimate of drug-likeness (QED) is 0.735. The highest BCUT2D eigenvalue weighted by atomic mass is 32.1. The first-order chi connectivity index (χ1) is 9.13. The zero-order chi connectivity index (χ0) is 13.8. The Kier molecular flexibility index (Phi) is 4.34. The number of rotatable bonds is 5. The van der Waals surface area contributed by atoms with Crippen molar-refractivity contribution in [3.05, 3.63) is 28.6 Å². The molecule has 102 valence electrons. The maximum Gasteiger partial charge on any atom is 0.266 e. The smallest absolute Gasteiger partial charge is 0.266 e. The zero-order valence-electron chi connectivity index (χ0n) is 10.6. The van der Waals surface area contributed by atoms with Gasteiger partial charge in [0.1, 0.15) is 0 Å². The molecule has 0 fully saturated rings. The van der Waals surface area contributed by atoms with Crippen LogP contribution in [0.3, 0.4) is 0 Å². The van der Waals surface area contributed by atoms with Crippen molar-refractivity contribution in [1.82, 2.24) is 10.3 Å². The molecule has 0 aliphatic rings. The lowest BCUT2D eigenvalue weighted by Crippen LogP contribution is -2.35. The van der Waals surface area contributed by atoms with Gasteiger partial charge in [-0.1, -0.05) is 6.92 Å². The van der Waals surface area contributed by atoms with Crippen LogP contribution in [0.1, 0.15) is 30.1 Å². The number of hydrogen-bond acceptors (Lipinski definition) is 4. The van der Waals surface area contributed by atoms with E-state index in [0.29, 0.717) is 22.4 Å². The average Bonchev–Trinajstić information content (AvgIpc) is 2.76. The molecule has 0 bridgehead atoms. The molecule has 6 heteroatoms. The summed E-state index contributed by atoms with van der Waals surface area (Å²) in [5, 5.41) is 11.8. The van der Waals surface area contributed by atoms with Crippen LogP contribution >= 0.6 is 12.2 Å². The minimum absolute atomic E-state index is 0.0223. The van der Waals surface area contributed by atoms with Gasteiger partial charge in [-0.25, -0.2) is 0 Å². The number of amides is 1. The zero-order valence-corrected chi connectivity index (χ0v) is 11.4. The number of oxazole rings is 1. The number of aromatic amines is 1. The predicted octanol–water partition coefficient (Wildman–Crippen LogP) is 2.38. The third kappa shape index (κ3) is 3.21. The topological polar surface area (TPSA) is 78.3 Å². The van der Waals surface area contributed by atoms with E-state index in [2.05, 4.69) is 10.3 Å². The lowest BCUT2D eigenvalue weighted by molar-refractivity contribution is 0.0929. The Morgan fingerprint density at radius 1 is 1.58 bits per heavy atom. The molecule has 1 atom stereocenters. The number of aliphatic hydroxyl groups is 1. The molecule has 0 spiro atoms. The number of H-pyrrole nitrogens is 1. The number of fused-ring (bicyclic) bond motifs is 1. The van der Waals surface area contributed by atoms with Gasteiger partial charge in [-0.15, -0.1) is 0 Å². The summed E-state index contributed by atoms with van der Waals surface area (Å²) in [6, 6.07) is 5.11. The molecule has 0 radical (unpaired) electrons. The van der Waals surface area contributed by atoms with E-state index in [1.165, 1.54) is 0 Å². The van der Waals surface area contributed by atoms with E-state index in [9.17, 15) is 4.79 Å². The van der Waals surface area contributed by atoms with E-state index in [1.54, 1.807) is 18.2 Å². The summed E-state index contributed by atoms with van der Waals surface area (Å²) in [7, 11) is 0. The van der Waals surface area contributed by atoms with Crippen LogP contribution in [0, 0.1) is 4.84 Å². The number of benzene rings is 1. The highest BCUT2D eigenvalue weighted by molar-refractivity contribution is 7.71. The Balaban J connectivity index is 2.18. The van der Waals surface area contributed by atoms with E-state index >= 15 is 0 Å². The minimum Gasteiger partial charge on any atom is -0.429 e. The summed E-state index contributed by atoms with van der Waals surface area (Å²) in [4.78, 5) is 15.2. The van der Waals surface area contributed by atoms with Crippen LogP contribution < -0.4 is 5.32 Å². The largest absolute Gasteiger partial charge is 0.429 e. The van der Waals surface area contributed by atoms with Crippen molar-refractivity contribution in [2.45, 2.75) is 25.8 Å². The molecule has 5 nitrogen and oxygen atoms in total. The fourth-order valence-electron chi connectivity index (χ4n) is 1.89. The van der Waals surface area contributed by atoms with E-state index in [4.69, 9.17) is 21.7 Å². The molecule has 1 aromatic heterocycles. The van der Waals surface area contributed by atoms with Crippen LogP contribution in [0.2, 0.25) is 0 Å². The van der Waals surface area contributed by atoms with Gasteiger partial charge in [-0.05, 0) is 43.3 Å². The minimum atomic E-state index is -0.176. The van der Waals surface area contributed by atoms with E-state index in [-0.39, 0.29) is 18.6 Å². The van der Waals surface area contributed by atoms with Crippen LogP contribution in [0.5, 0.6) is 0 Å². The standard InChI is InChI=1S/C13H16N2O3S/c1-2-9(5-6-16)14-12(17)8-3-4-10-11(7-8)18-13(19)15-10/h3-4,7,9,16H,2,5-6H2,1H3,(H,14,17)(H,15,19). The first-order valence-electron chi connectivity index (χ1n) is 6.18. The lowest BCUT2D eigenvalue weighted by atomic mass is 10.1. The predicted molar refractivity (Wildman–Crippen MR) is 74.6 cm³/mol. The van der Waals surface area contributed by atoms with Crippen LogP contribution in [-0.2, 0) is 0 Å². The Morgan fingerprint density at radius 2 is 2.37 bits per heavy atom. The average molecular weight is 280 g/mol. The molecule has 19 heavy (non-hydrogen) atoms. The Morgan fingerprint density at radius 3 is 3.05 bits per heavy atom. The van der Waals surface area contributed by atoms with Crippen molar-refractivity contribution in [1.29, 1.82) is 0 Å². The second-order valence-corrected chi connectivity index (χ2v) is 4.69. The van der Waals surface area contributed by atoms with Gasteiger partial charge in [0.05, 0.1) is 5.52 Å². The monoisotopic (exact) mass is 280 g/mol. The van der Waals surface area contributed by atoms with Crippen molar-refractivity contribution in [3.8, 4) is 0 Å². The fourth-order valence-corrected chi connectivity index (χ4v) is 2.09. The molecular formula is C13H16N2O3S. The van der Waals surface area contributed by atoms with Crippen LogP contribution in [0.4, 0.5) is 0 Å². The van der Waals surface area contributed by atoms with Crippen molar-refractivity contribution in [3.63, 3.8) is 0 Å². The summed E-state index contributed by atoms with van der Waals surface area (Å²) in [6.45, 7) is 2.03. The van der Waals surface area contributed by atoms with Crippen LogP contribution in [0.25, 0.3) is 11.1 Å². The molecule has 2 aromatic rings. The number of hydrogen-bond donors (Lipinski definition) is 3. The van der Waals surface area contributed by atoms with E-state index in [0.717, 1.165) is 11.9 Å². The van der Waals surface area contributed by atoms with Gasteiger partial charge in [0.25, 0.3) is 10.7 Å². The molecule has 0 saturated heterocycles. The van der Waals surface area contributed by atoms with Gasteiger partial charge in [0, 0.05) is 18.2 Å². The normalized spacial score (nSPS) is 12.5. The molecule has 1 heterocycles. The molecule has 0 aliphatic carbocycles. The molecule has 1 unspecified atom stereocenters. The lowest BCUT2D eigenvalue weighted by Gasteiger charge is -2.15. The maximum absolute atomic E-state index is 12.1. The van der Waals surface area contributed by atoms with Gasteiger partial charge in [-0.3, -0.25) is 4.79 Å². The highest BCUT2D eigenvalue weighted by Gasteiger charge is 2.13. The number of aliphatic hydroxyl groups excluding tert-OH is 1. The molecule has 0 aliphatic heterocycles. The summed E-state index contributed by atoms with van der Waals surface area (Å²) in [5.74, 6) is -0.176. The third-order valence-electron chi connectivity index (χ3n) is 2.99. The molecule has 1 amide bonds. The number of carbonyl (C=O) groups excluding carboxylic acids is 1. The van der Waals surface area contributed by atoms with Gasteiger partial charge >= 0.3 is 0 Å². The number of nitrogens with one attached hydrogen (secondary N) is 2. The van der Waals surface area contributed by atoms with Gasteiger partial charge in [0.2, 0.25) is 0 Å². The van der Waals surface area contributed by atoms with Gasteiger partial charge < -0.3 is 19.8 Å². The van der Waals surface area contributed by atoms with E-state index in [1.807, 2.05) is 6.92 Å². The summed E-state index contributed by atoms with van der Waals surface area (Å²) in [5.41, 5.74) is 1.85. The Hall–Kier alpha value is -1.66. The SMILES string of the molecule is CCC(CCO)NC(=O)c1ccc2[nH]c(=S)oc2c1. The fraction of sp³-hybridized carbons (Fsp3) is 0.385. The van der Waals surface area contributed by atoms with Crippen LogP contribution in [0.15, 0.2) is 22.6 Å². The Labute approximate surface area is 115 Å².